The SMILES string of the molecule is CC1CCCC(CNC(=O)CCC2CCNCC2)(N(C)C)C1. The summed E-state index contributed by atoms with van der Waals surface area (Å²) in [5, 5.41) is 6.62. The predicted molar refractivity (Wildman–Crippen MR) is 91.9 cm³/mol. The summed E-state index contributed by atoms with van der Waals surface area (Å²) in [7, 11) is 4.33. The summed E-state index contributed by atoms with van der Waals surface area (Å²) < 4.78 is 0. The first-order valence-corrected chi connectivity index (χ1v) is 9.17. The Morgan fingerprint density at radius 2 is 2.00 bits per heavy atom. The molecule has 0 aromatic heterocycles. The Morgan fingerprint density at radius 3 is 2.64 bits per heavy atom. The van der Waals surface area contributed by atoms with Gasteiger partial charge in [0.15, 0.2) is 0 Å². The van der Waals surface area contributed by atoms with Crippen molar-refractivity contribution in [2.24, 2.45) is 11.8 Å². The average molecular weight is 309 g/mol. The van der Waals surface area contributed by atoms with Crippen LogP contribution in [0.25, 0.3) is 0 Å². The topological polar surface area (TPSA) is 44.4 Å². The van der Waals surface area contributed by atoms with Gasteiger partial charge in [-0.3, -0.25) is 4.79 Å². The molecule has 1 aliphatic heterocycles. The van der Waals surface area contributed by atoms with E-state index in [1.807, 2.05) is 0 Å². The van der Waals surface area contributed by atoms with E-state index in [9.17, 15) is 4.79 Å². The number of piperidine rings is 1. The number of likely N-dealkylation sites (N-methyl/N-ethyl adjacent to an activating group) is 1. The Bertz CT molecular complexity index is 352. The van der Waals surface area contributed by atoms with E-state index in [0.717, 1.165) is 37.9 Å². The maximum absolute atomic E-state index is 12.2. The zero-order chi connectivity index (χ0) is 16.0. The molecule has 1 saturated carbocycles. The summed E-state index contributed by atoms with van der Waals surface area (Å²) in [4.78, 5) is 14.6. The number of nitrogens with zero attached hydrogens (tertiary/aromatic N) is 1. The van der Waals surface area contributed by atoms with Gasteiger partial charge in [-0.1, -0.05) is 19.8 Å². The minimum Gasteiger partial charge on any atom is -0.354 e. The lowest BCUT2D eigenvalue weighted by molar-refractivity contribution is -0.122. The van der Waals surface area contributed by atoms with Gasteiger partial charge in [0.2, 0.25) is 5.91 Å². The molecule has 22 heavy (non-hydrogen) atoms. The van der Waals surface area contributed by atoms with Crippen LogP contribution in [0.1, 0.15) is 58.3 Å². The van der Waals surface area contributed by atoms with Crippen LogP contribution in [-0.4, -0.2) is 50.1 Å². The summed E-state index contributed by atoms with van der Waals surface area (Å²) >= 11 is 0. The molecule has 2 N–H and O–H groups in total. The molecule has 0 radical (unpaired) electrons. The predicted octanol–water partition coefficient (Wildman–Crippen LogP) is 2.39. The highest BCUT2D eigenvalue weighted by molar-refractivity contribution is 5.75. The van der Waals surface area contributed by atoms with Gasteiger partial charge in [0.25, 0.3) is 0 Å². The van der Waals surface area contributed by atoms with Gasteiger partial charge in [-0.25, -0.2) is 0 Å². The Labute approximate surface area is 136 Å². The molecule has 128 valence electrons. The molecular formula is C18H35N3O. The highest BCUT2D eigenvalue weighted by Crippen LogP contribution is 2.35. The van der Waals surface area contributed by atoms with Crippen molar-refractivity contribution >= 4 is 5.91 Å². The summed E-state index contributed by atoms with van der Waals surface area (Å²) in [5.41, 5.74) is 0.169. The molecular weight excluding hydrogens is 274 g/mol. The van der Waals surface area contributed by atoms with Crippen LogP contribution < -0.4 is 10.6 Å². The van der Waals surface area contributed by atoms with Crippen LogP contribution in [0, 0.1) is 11.8 Å². The number of amides is 1. The van der Waals surface area contributed by atoms with E-state index in [2.05, 4.69) is 36.6 Å². The van der Waals surface area contributed by atoms with Crippen LogP contribution >= 0.6 is 0 Å². The van der Waals surface area contributed by atoms with Gasteiger partial charge in [0.05, 0.1) is 0 Å². The first-order valence-electron chi connectivity index (χ1n) is 9.17. The molecule has 0 aromatic carbocycles. The van der Waals surface area contributed by atoms with E-state index in [-0.39, 0.29) is 11.4 Å². The third-order valence-electron chi connectivity index (χ3n) is 5.87. The smallest absolute Gasteiger partial charge is 0.220 e. The van der Waals surface area contributed by atoms with Crippen LogP contribution in [0.3, 0.4) is 0 Å². The Kier molecular flexibility index (Phi) is 6.69. The quantitative estimate of drug-likeness (QED) is 0.792. The monoisotopic (exact) mass is 309 g/mol. The van der Waals surface area contributed by atoms with E-state index in [1.165, 1.54) is 38.5 Å². The highest BCUT2D eigenvalue weighted by atomic mass is 16.1. The van der Waals surface area contributed by atoms with Gasteiger partial charge < -0.3 is 15.5 Å². The number of carbonyl (C=O) groups excluding carboxylic acids is 1. The fourth-order valence-electron chi connectivity index (χ4n) is 4.21. The van der Waals surface area contributed by atoms with Gasteiger partial charge in [-0.15, -0.1) is 0 Å². The van der Waals surface area contributed by atoms with E-state index in [4.69, 9.17) is 0 Å². The zero-order valence-electron chi connectivity index (χ0n) is 14.8. The van der Waals surface area contributed by atoms with Crippen molar-refractivity contribution in [2.45, 2.75) is 63.8 Å². The molecule has 4 heteroatoms. The van der Waals surface area contributed by atoms with Crippen molar-refractivity contribution in [3.63, 3.8) is 0 Å². The maximum atomic E-state index is 12.2. The van der Waals surface area contributed by atoms with Crippen molar-refractivity contribution < 1.29 is 4.79 Å². The second kappa shape index (κ2) is 8.30. The molecule has 0 bridgehead atoms. The number of hydrogen-bond acceptors (Lipinski definition) is 3. The maximum Gasteiger partial charge on any atom is 0.220 e. The number of carbonyl (C=O) groups is 1. The zero-order valence-corrected chi connectivity index (χ0v) is 14.8. The van der Waals surface area contributed by atoms with Crippen molar-refractivity contribution in [3.8, 4) is 0 Å². The van der Waals surface area contributed by atoms with Gasteiger partial charge in [0, 0.05) is 18.5 Å². The van der Waals surface area contributed by atoms with Gasteiger partial charge in [0.1, 0.15) is 0 Å². The third kappa shape index (κ3) is 4.95. The lowest BCUT2D eigenvalue weighted by atomic mass is 9.75. The fraction of sp³-hybridized carbons (Fsp3) is 0.944. The van der Waals surface area contributed by atoms with Gasteiger partial charge >= 0.3 is 0 Å². The summed E-state index contributed by atoms with van der Waals surface area (Å²) in [6.45, 7) is 5.40. The summed E-state index contributed by atoms with van der Waals surface area (Å²) in [6, 6.07) is 0. The lowest BCUT2D eigenvalue weighted by Crippen LogP contribution is -2.55. The van der Waals surface area contributed by atoms with Crippen LogP contribution in [0.5, 0.6) is 0 Å². The van der Waals surface area contributed by atoms with Crippen LogP contribution in [-0.2, 0) is 4.79 Å². The molecule has 2 fully saturated rings. The van der Waals surface area contributed by atoms with Crippen LogP contribution in [0.4, 0.5) is 0 Å². The molecule has 2 rings (SSSR count). The minimum absolute atomic E-state index is 0.169. The van der Waals surface area contributed by atoms with E-state index < -0.39 is 0 Å². The lowest BCUT2D eigenvalue weighted by Gasteiger charge is -2.45. The van der Waals surface area contributed by atoms with Crippen molar-refractivity contribution in [2.75, 3.05) is 33.7 Å². The molecule has 1 aliphatic carbocycles. The van der Waals surface area contributed by atoms with Crippen LogP contribution in [0.15, 0.2) is 0 Å². The molecule has 2 aliphatic rings. The van der Waals surface area contributed by atoms with Crippen LogP contribution in [0.2, 0.25) is 0 Å². The standard InChI is InChI=1S/C18H35N3O/c1-15-5-4-10-18(13-15,21(2)3)14-20-17(22)7-6-16-8-11-19-12-9-16/h15-16,19H,4-14H2,1-3H3,(H,20,22). The number of hydrogen-bond donors (Lipinski definition) is 2. The van der Waals surface area contributed by atoms with Gasteiger partial charge in [-0.2, -0.15) is 0 Å². The minimum atomic E-state index is 0.169. The van der Waals surface area contributed by atoms with Crippen molar-refractivity contribution in [1.29, 1.82) is 0 Å². The van der Waals surface area contributed by atoms with E-state index in [0.29, 0.717) is 6.42 Å². The molecule has 2 unspecified atom stereocenters. The summed E-state index contributed by atoms with van der Waals surface area (Å²) in [5.74, 6) is 1.75. The molecule has 1 heterocycles. The average Bonchev–Trinajstić information content (AvgIpc) is 2.52. The fourth-order valence-corrected chi connectivity index (χ4v) is 4.21. The first kappa shape index (κ1) is 17.7. The second-order valence-corrected chi connectivity index (χ2v) is 7.83. The molecule has 0 spiro atoms. The van der Waals surface area contributed by atoms with E-state index in [1.54, 1.807) is 0 Å². The Hall–Kier alpha value is -0.610. The molecule has 1 saturated heterocycles. The van der Waals surface area contributed by atoms with Crippen molar-refractivity contribution in [1.82, 2.24) is 15.5 Å². The van der Waals surface area contributed by atoms with Gasteiger partial charge in [-0.05, 0) is 71.1 Å². The Morgan fingerprint density at radius 1 is 1.27 bits per heavy atom. The normalized spacial score (nSPS) is 30.5. The number of rotatable bonds is 6. The largest absolute Gasteiger partial charge is 0.354 e. The third-order valence-corrected chi connectivity index (χ3v) is 5.87. The molecule has 1 amide bonds. The molecule has 4 nitrogen and oxygen atoms in total. The molecule has 2 atom stereocenters. The van der Waals surface area contributed by atoms with Crippen molar-refractivity contribution in [3.05, 3.63) is 0 Å². The molecule has 0 aromatic rings. The number of nitrogens with one attached hydrogen (secondary N) is 2. The Balaban J connectivity index is 1.75. The summed E-state index contributed by atoms with van der Waals surface area (Å²) in [6.07, 6.45) is 9.23. The first-order chi connectivity index (χ1) is 10.5. The highest BCUT2D eigenvalue weighted by Gasteiger charge is 2.37. The van der Waals surface area contributed by atoms with E-state index >= 15 is 0 Å². The second-order valence-electron chi connectivity index (χ2n) is 7.83.